The van der Waals surface area contributed by atoms with Crippen molar-refractivity contribution in [3.63, 3.8) is 0 Å². The van der Waals surface area contributed by atoms with E-state index in [2.05, 4.69) is 5.32 Å². The average molecular weight is 411 g/mol. The number of sulfone groups is 1. The number of ether oxygens (including phenoxy) is 1. The Labute approximate surface area is 157 Å². The van der Waals surface area contributed by atoms with Crippen molar-refractivity contribution >= 4 is 28.2 Å². The van der Waals surface area contributed by atoms with E-state index in [4.69, 9.17) is 4.74 Å². The van der Waals surface area contributed by atoms with Gasteiger partial charge in [-0.05, 0) is 31.5 Å². The fourth-order valence-electron chi connectivity index (χ4n) is 3.33. The molecule has 2 aliphatic heterocycles. The van der Waals surface area contributed by atoms with E-state index in [0.717, 1.165) is 24.8 Å². The average Bonchev–Trinajstić information content (AvgIpc) is 2.96. The third-order valence-electron chi connectivity index (χ3n) is 4.57. The van der Waals surface area contributed by atoms with Crippen LogP contribution in [0.2, 0.25) is 0 Å². The van der Waals surface area contributed by atoms with Crippen molar-refractivity contribution in [3.8, 4) is 5.75 Å². The number of piperidine rings is 1. The lowest BCUT2D eigenvalue weighted by atomic mass is 10.0. The summed E-state index contributed by atoms with van der Waals surface area (Å²) in [5.74, 6) is -2.73. The highest BCUT2D eigenvalue weighted by Gasteiger charge is 2.37. The number of nitrogens with one attached hydrogen (secondary N) is 1. The van der Waals surface area contributed by atoms with Crippen molar-refractivity contribution in [2.24, 2.45) is 0 Å². The molecule has 1 unspecified atom stereocenters. The molecule has 1 amide bonds. The van der Waals surface area contributed by atoms with Gasteiger partial charge in [-0.3, -0.25) is 4.79 Å². The van der Waals surface area contributed by atoms with Crippen molar-refractivity contribution in [1.29, 1.82) is 0 Å². The molecule has 1 N–H and O–H groups in total. The number of nitrogens with zero attached hydrogens (tertiary/aromatic N) is 1. The molecule has 0 aromatic heterocycles. The van der Waals surface area contributed by atoms with E-state index in [1.165, 1.54) is 0 Å². The van der Waals surface area contributed by atoms with Crippen LogP contribution in [0.3, 0.4) is 0 Å². The Balaban J connectivity index is 0.00000243. The van der Waals surface area contributed by atoms with Crippen molar-refractivity contribution in [1.82, 2.24) is 10.2 Å². The third-order valence-corrected chi connectivity index (χ3v) is 5.66. The highest BCUT2D eigenvalue weighted by molar-refractivity contribution is 7.90. The summed E-state index contributed by atoms with van der Waals surface area (Å²) in [6.45, 7) is 1.65. The molecule has 6 nitrogen and oxygen atoms in total. The van der Waals surface area contributed by atoms with Gasteiger partial charge in [0.2, 0.25) is 5.91 Å². The van der Waals surface area contributed by atoms with Crippen LogP contribution in [0.4, 0.5) is 8.78 Å². The van der Waals surface area contributed by atoms with Gasteiger partial charge in [-0.1, -0.05) is 0 Å². The van der Waals surface area contributed by atoms with Crippen LogP contribution in [-0.4, -0.2) is 57.3 Å². The largest absolute Gasteiger partial charge is 0.481 e. The highest BCUT2D eigenvalue weighted by atomic mass is 35.5. The van der Waals surface area contributed by atoms with Crippen LogP contribution < -0.4 is 10.1 Å². The molecule has 10 heteroatoms. The van der Waals surface area contributed by atoms with Crippen molar-refractivity contribution < 1.29 is 26.7 Å². The molecule has 2 atom stereocenters. The summed E-state index contributed by atoms with van der Waals surface area (Å²) in [6, 6.07) is 1.24. The quantitative estimate of drug-likeness (QED) is 0.814. The fraction of sp³-hybridized carbons (Fsp3) is 0.562. The molecule has 0 aliphatic carbocycles. The van der Waals surface area contributed by atoms with E-state index in [-0.39, 0.29) is 24.4 Å². The molecule has 0 saturated carbocycles. The third kappa shape index (κ3) is 4.27. The standard InChI is InChI=1S/C16H20F2N2O4S.ClH/c1-25(22,23)10-7-11(17)16(12(18)8-10)24-14-9-19-5-4-13(14)20-6-2-3-15(20)21;/h7-8,13-14,19H,2-6,9H2,1H3;1H/t13?,14-;/m1./s1. The van der Waals surface area contributed by atoms with Crippen LogP contribution in [0.15, 0.2) is 17.0 Å². The number of carbonyl (C=O) groups excluding carboxylic acids is 1. The zero-order chi connectivity index (χ0) is 18.2. The van der Waals surface area contributed by atoms with Gasteiger partial charge in [-0.2, -0.15) is 0 Å². The summed E-state index contributed by atoms with van der Waals surface area (Å²) in [5, 5.41) is 3.09. The highest BCUT2D eigenvalue weighted by Crippen LogP contribution is 2.29. The van der Waals surface area contributed by atoms with Gasteiger partial charge in [0.15, 0.2) is 27.2 Å². The Morgan fingerprint density at radius 1 is 1.27 bits per heavy atom. The minimum Gasteiger partial charge on any atom is -0.481 e. The van der Waals surface area contributed by atoms with E-state index in [0.29, 0.717) is 32.5 Å². The first-order chi connectivity index (χ1) is 11.8. The second-order valence-corrected chi connectivity index (χ2v) is 8.41. The molecule has 0 radical (unpaired) electrons. The number of carbonyl (C=O) groups is 1. The minimum atomic E-state index is -3.73. The van der Waals surface area contributed by atoms with Gasteiger partial charge in [-0.25, -0.2) is 17.2 Å². The van der Waals surface area contributed by atoms with E-state index >= 15 is 0 Å². The maximum absolute atomic E-state index is 14.2. The topological polar surface area (TPSA) is 75.7 Å². The van der Waals surface area contributed by atoms with E-state index in [9.17, 15) is 22.0 Å². The van der Waals surface area contributed by atoms with Crippen molar-refractivity contribution in [2.75, 3.05) is 25.9 Å². The number of likely N-dealkylation sites (tertiary alicyclic amines) is 1. The number of hydrogen-bond donors (Lipinski definition) is 1. The van der Waals surface area contributed by atoms with Gasteiger partial charge in [-0.15, -0.1) is 12.4 Å². The van der Waals surface area contributed by atoms with Crippen LogP contribution in [0.25, 0.3) is 0 Å². The Morgan fingerprint density at radius 2 is 1.92 bits per heavy atom. The lowest BCUT2D eigenvalue weighted by molar-refractivity contribution is -0.132. The molecule has 1 aromatic rings. The predicted octanol–water partition coefficient (Wildman–Crippen LogP) is 1.52. The summed E-state index contributed by atoms with van der Waals surface area (Å²) < 4.78 is 57.0. The molecule has 0 spiro atoms. The zero-order valence-electron chi connectivity index (χ0n) is 14.2. The van der Waals surface area contributed by atoms with Crippen LogP contribution in [0.5, 0.6) is 5.75 Å². The monoisotopic (exact) mass is 410 g/mol. The molecule has 26 heavy (non-hydrogen) atoms. The lowest BCUT2D eigenvalue weighted by Gasteiger charge is -2.38. The second kappa shape index (κ2) is 8.06. The Kier molecular flexibility index (Phi) is 6.46. The molecule has 2 aliphatic rings. The molecule has 3 rings (SSSR count). The molecule has 2 fully saturated rings. The lowest BCUT2D eigenvalue weighted by Crippen LogP contribution is -2.55. The van der Waals surface area contributed by atoms with E-state index in [1.807, 2.05) is 0 Å². The summed E-state index contributed by atoms with van der Waals surface area (Å²) >= 11 is 0. The van der Waals surface area contributed by atoms with Gasteiger partial charge >= 0.3 is 0 Å². The molecule has 2 saturated heterocycles. The Morgan fingerprint density at radius 3 is 2.46 bits per heavy atom. The van der Waals surface area contributed by atoms with Crippen LogP contribution >= 0.6 is 12.4 Å². The second-order valence-electron chi connectivity index (χ2n) is 6.40. The summed E-state index contributed by atoms with van der Waals surface area (Å²) in [5.41, 5.74) is 0. The maximum Gasteiger partial charge on any atom is 0.223 e. The maximum atomic E-state index is 14.2. The number of rotatable bonds is 4. The number of benzene rings is 1. The Bertz CT molecular complexity index is 767. The summed E-state index contributed by atoms with van der Waals surface area (Å²) in [6.07, 6.45) is 2.14. The molecular formula is C16H21ClF2N2O4S. The van der Waals surface area contributed by atoms with Gasteiger partial charge in [0.05, 0.1) is 10.9 Å². The number of amides is 1. The summed E-state index contributed by atoms with van der Waals surface area (Å²) in [4.78, 5) is 13.3. The summed E-state index contributed by atoms with van der Waals surface area (Å²) in [7, 11) is -3.73. The smallest absolute Gasteiger partial charge is 0.223 e. The Hall–Kier alpha value is -1.45. The normalized spacial score (nSPS) is 23.7. The van der Waals surface area contributed by atoms with E-state index in [1.54, 1.807) is 4.90 Å². The molecule has 2 heterocycles. The van der Waals surface area contributed by atoms with Gasteiger partial charge in [0, 0.05) is 25.8 Å². The zero-order valence-corrected chi connectivity index (χ0v) is 15.8. The first kappa shape index (κ1) is 20.9. The molecule has 0 bridgehead atoms. The molecular weight excluding hydrogens is 390 g/mol. The van der Waals surface area contributed by atoms with E-state index < -0.39 is 38.2 Å². The molecule has 1 aromatic carbocycles. The number of hydrogen-bond acceptors (Lipinski definition) is 5. The van der Waals surface area contributed by atoms with Gasteiger partial charge in [0.1, 0.15) is 6.10 Å². The van der Waals surface area contributed by atoms with Crippen LogP contribution in [0, 0.1) is 11.6 Å². The van der Waals surface area contributed by atoms with Gasteiger partial charge < -0.3 is 15.0 Å². The van der Waals surface area contributed by atoms with Crippen LogP contribution in [0.1, 0.15) is 19.3 Å². The SMILES string of the molecule is CS(=O)(=O)c1cc(F)c(O[C@@H]2CNCCC2N2CCCC2=O)c(F)c1.Cl. The predicted molar refractivity (Wildman–Crippen MR) is 93.4 cm³/mol. The molecule has 146 valence electrons. The number of halogens is 3. The minimum absolute atomic E-state index is 0. The van der Waals surface area contributed by atoms with Crippen molar-refractivity contribution in [2.45, 2.75) is 36.3 Å². The first-order valence-electron chi connectivity index (χ1n) is 8.13. The van der Waals surface area contributed by atoms with Gasteiger partial charge in [0.25, 0.3) is 0 Å². The fourth-order valence-corrected chi connectivity index (χ4v) is 3.96. The van der Waals surface area contributed by atoms with Crippen LogP contribution in [-0.2, 0) is 14.6 Å². The van der Waals surface area contributed by atoms with Crippen molar-refractivity contribution in [3.05, 3.63) is 23.8 Å². The first-order valence-corrected chi connectivity index (χ1v) is 10.0.